The third-order valence-electron chi connectivity index (χ3n) is 3.55. The number of rotatable bonds is 3. The predicted molar refractivity (Wildman–Crippen MR) is 84.1 cm³/mol. The Morgan fingerprint density at radius 3 is 2.71 bits per heavy atom. The minimum atomic E-state index is -0.298. The maximum Gasteiger partial charge on any atom is 0.123 e. The summed E-state index contributed by atoms with van der Waals surface area (Å²) >= 11 is 6.25. The Bertz CT molecular complexity index is 783. The van der Waals surface area contributed by atoms with Crippen molar-refractivity contribution in [3.8, 4) is 0 Å². The van der Waals surface area contributed by atoms with Gasteiger partial charge in [0.1, 0.15) is 5.82 Å². The number of pyridine rings is 1. The molecule has 4 heteroatoms. The molecule has 3 aromatic rings. The van der Waals surface area contributed by atoms with Crippen LogP contribution in [-0.2, 0) is 0 Å². The van der Waals surface area contributed by atoms with Gasteiger partial charge in [-0.05, 0) is 48.5 Å². The normalized spacial score (nSPS) is 12.5. The van der Waals surface area contributed by atoms with Gasteiger partial charge in [0.15, 0.2) is 0 Å². The van der Waals surface area contributed by atoms with Crippen LogP contribution in [0.15, 0.2) is 54.7 Å². The molecule has 0 amide bonds. The van der Waals surface area contributed by atoms with Crippen LogP contribution in [-0.4, -0.2) is 12.0 Å². The Balaban J connectivity index is 2.21. The van der Waals surface area contributed by atoms with Crippen molar-refractivity contribution < 1.29 is 4.39 Å². The summed E-state index contributed by atoms with van der Waals surface area (Å²) in [7, 11) is 1.83. The fourth-order valence-corrected chi connectivity index (χ4v) is 2.81. The summed E-state index contributed by atoms with van der Waals surface area (Å²) in [5.74, 6) is -0.298. The van der Waals surface area contributed by atoms with Crippen molar-refractivity contribution in [1.82, 2.24) is 10.3 Å². The first-order valence-electron chi connectivity index (χ1n) is 6.66. The Morgan fingerprint density at radius 1 is 1.10 bits per heavy atom. The van der Waals surface area contributed by atoms with Gasteiger partial charge in [-0.2, -0.15) is 0 Å². The molecular formula is C17H14ClFN2. The zero-order chi connectivity index (χ0) is 14.8. The molecule has 0 aliphatic heterocycles. The molecule has 1 heterocycles. The van der Waals surface area contributed by atoms with Gasteiger partial charge in [-0.1, -0.05) is 29.8 Å². The van der Waals surface area contributed by atoms with E-state index in [1.54, 1.807) is 12.3 Å². The van der Waals surface area contributed by atoms with E-state index in [1.807, 2.05) is 37.4 Å². The number of aromatic nitrogens is 1. The molecule has 0 aliphatic rings. The lowest BCUT2D eigenvalue weighted by atomic mass is 9.95. The van der Waals surface area contributed by atoms with Crippen molar-refractivity contribution in [2.24, 2.45) is 0 Å². The average molecular weight is 301 g/mol. The average Bonchev–Trinajstić information content (AvgIpc) is 2.51. The molecule has 0 bridgehead atoms. The fourth-order valence-electron chi connectivity index (χ4n) is 2.58. The van der Waals surface area contributed by atoms with Crippen molar-refractivity contribution in [3.63, 3.8) is 0 Å². The van der Waals surface area contributed by atoms with Crippen LogP contribution in [0.3, 0.4) is 0 Å². The van der Waals surface area contributed by atoms with Crippen LogP contribution in [0.25, 0.3) is 10.9 Å². The first-order chi connectivity index (χ1) is 10.2. The number of halogens is 2. The van der Waals surface area contributed by atoms with Crippen molar-refractivity contribution in [1.29, 1.82) is 0 Å². The maximum absolute atomic E-state index is 13.6. The first-order valence-corrected chi connectivity index (χ1v) is 7.04. The van der Waals surface area contributed by atoms with Crippen LogP contribution >= 0.6 is 11.6 Å². The molecule has 0 fully saturated rings. The van der Waals surface area contributed by atoms with E-state index in [1.165, 1.54) is 12.1 Å². The van der Waals surface area contributed by atoms with Crippen LogP contribution in [0.4, 0.5) is 4.39 Å². The molecular weight excluding hydrogens is 287 g/mol. The van der Waals surface area contributed by atoms with E-state index < -0.39 is 0 Å². The molecule has 2 aromatic carbocycles. The standard InChI is InChI=1S/C17H14ClFN2/c1-20-17(14-10-11(19)6-7-15(14)18)13-8-9-21-16-5-3-2-4-12(13)16/h2-10,17,20H,1H3. The molecule has 3 rings (SSSR count). The SMILES string of the molecule is CNC(c1cc(F)ccc1Cl)c1ccnc2ccccc12. The number of fused-ring (bicyclic) bond motifs is 1. The van der Waals surface area contributed by atoms with Gasteiger partial charge in [0.05, 0.1) is 11.6 Å². The van der Waals surface area contributed by atoms with Gasteiger partial charge >= 0.3 is 0 Å². The Kier molecular flexibility index (Phi) is 3.86. The number of nitrogens with zero attached hydrogens (tertiary/aromatic N) is 1. The van der Waals surface area contributed by atoms with Gasteiger partial charge in [-0.25, -0.2) is 4.39 Å². The van der Waals surface area contributed by atoms with Gasteiger partial charge in [0, 0.05) is 16.6 Å². The van der Waals surface area contributed by atoms with Gasteiger partial charge in [-0.15, -0.1) is 0 Å². The van der Waals surface area contributed by atoms with Gasteiger partial charge in [0.25, 0.3) is 0 Å². The van der Waals surface area contributed by atoms with E-state index in [2.05, 4.69) is 10.3 Å². The lowest BCUT2D eigenvalue weighted by molar-refractivity contribution is 0.617. The Labute approximate surface area is 127 Å². The number of hydrogen-bond acceptors (Lipinski definition) is 2. The summed E-state index contributed by atoms with van der Waals surface area (Å²) in [6.07, 6.45) is 1.76. The maximum atomic E-state index is 13.6. The Hall–Kier alpha value is -1.97. The van der Waals surface area contributed by atoms with Crippen LogP contribution in [0.2, 0.25) is 5.02 Å². The highest BCUT2D eigenvalue weighted by Gasteiger charge is 2.18. The molecule has 2 nitrogen and oxygen atoms in total. The molecule has 0 saturated carbocycles. The number of nitrogens with one attached hydrogen (secondary N) is 1. The Morgan fingerprint density at radius 2 is 1.90 bits per heavy atom. The molecule has 1 atom stereocenters. The third kappa shape index (κ3) is 2.62. The molecule has 21 heavy (non-hydrogen) atoms. The second kappa shape index (κ2) is 5.80. The topological polar surface area (TPSA) is 24.9 Å². The largest absolute Gasteiger partial charge is 0.309 e. The van der Waals surface area contributed by atoms with Gasteiger partial charge in [-0.3, -0.25) is 4.98 Å². The minimum Gasteiger partial charge on any atom is -0.309 e. The fraction of sp³-hybridized carbons (Fsp3) is 0.118. The third-order valence-corrected chi connectivity index (χ3v) is 3.90. The van der Waals surface area contributed by atoms with E-state index in [4.69, 9.17) is 11.6 Å². The second-order valence-electron chi connectivity index (χ2n) is 4.80. The number of benzene rings is 2. The highest BCUT2D eigenvalue weighted by molar-refractivity contribution is 6.31. The molecule has 0 saturated heterocycles. The van der Waals surface area contributed by atoms with E-state index in [0.29, 0.717) is 5.02 Å². The van der Waals surface area contributed by atoms with E-state index in [9.17, 15) is 4.39 Å². The number of hydrogen-bond donors (Lipinski definition) is 1. The van der Waals surface area contributed by atoms with Crippen LogP contribution in [0.5, 0.6) is 0 Å². The quantitative estimate of drug-likeness (QED) is 0.778. The lowest BCUT2D eigenvalue weighted by Crippen LogP contribution is -2.18. The minimum absolute atomic E-state index is 0.193. The highest BCUT2D eigenvalue weighted by atomic mass is 35.5. The van der Waals surface area contributed by atoms with E-state index in [0.717, 1.165) is 22.0 Å². The molecule has 1 unspecified atom stereocenters. The van der Waals surface area contributed by atoms with E-state index in [-0.39, 0.29) is 11.9 Å². The monoisotopic (exact) mass is 300 g/mol. The summed E-state index contributed by atoms with van der Waals surface area (Å²) in [5, 5.41) is 4.78. The van der Waals surface area contributed by atoms with Gasteiger partial charge < -0.3 is 5.32 Å². The summed E-state index contributed by atoms with van der Waals surface area (Å²) in [6, 6.07) is 14.0. The summed E-state index contributed by atoms with van der Waals surface area (Å²) in [6.45, 7) is 0. The summed E-state index contributed by atoms with van der Waals surface area (Å²) in [5.41, 5.74) is 2.65. The smallest absolute Gasteiger partial charge is 0.123 e. The number of para-hydroxylation sites is 1. The van der Waals surface area contributed by atoms with Crippen molar-refractivity contribution in [2.75, 3.05) is 7.05 Å². The molecule has 0 radical (unpaired) electrons. The lowest BCUT2D eigenvalue weighted by Gasteiger charge is -2.20. The van der Waals surface area contributed by atoms with Crippen LogP contribution in [0.1, 0.15) is 17.2 Å². The molecule has 106 valence electrons. The molecule has 1 aromatic heterocycles. The molecule has 0 spiro atoms. The van der Waals surface area contributed by atoms with Gasteiger partial charge in [0.2, 0.25) is 0 Å². The van der Waals surface area contributed by atoms with Crippen LogP contribution < -0.4 is 5.32 Å². The summed E-state index contributed by atoms with van der Waals surface area (Å²) in [4.78, 5) is 4.36. The van der Waals surface area contributed by atoms with Crippen molar-refractivity contribution in [3.05, 3.63) is 76.7 Å². The zero-order valence-corrected chi connectivity index (χ0v) is 12.2. The van der Waals surface area contributed by atoms with Crippen molar-refractivity contribution >= 4 is 22.5 Å². The first kappa shape index (κ1) is 14.0. The summed E-state index contributed by atoms with van der Waals surface area (Å²) < 4.78 is 13.6. The predicted octanol–water partition coefficient (Wildman–Crippen LogP) is 4.34. The molecule has 0 aliphatic carbocycles. The van der Waals surface area contributed by atoms with E-state index >= 15 is 0 Å². The van der Waals surface area contributed by atoms with Crippen molar-refractivity contribution in [2.45, 2.75) is 6.04 Å². The van der Waals surface area contributed by atoms with Crippen LogP contribution in [0, 0.1) is 5.82 Å². The zero-order valence-electron chi connectivity index (χ0n) is 11.5. The highest BCUT2D eigenvalue weighted by Crippen LogP contribution is 2.32. The second-order valence-corrected chi connectivity index (χ2v) is 5.21. The molecule has 1 N–H and O–H groups in total.